The number of methoxy groups -OCH3 is 2. The number of hydrogen-bond acceptors (Lipinski definition) is 4. The largest absolute Gasteiger partial charge is 0.493 e. The molecule has 1 aliphatic rings. The minimum Gasteiger partial charge on any atom is -0.493 e. The molecule has 4 heteroatoms. The van der Waals surface area contributed by atoms with Crippen molar-refractivity contribution in [2.24, 2.45) is 11.7 Å². The number of benzene rings is 1. The molecule has 0 saturated carbocycles. The van der Waals surface area contributed by atoms with E-state index in [2.05, 4.69) is 31.0 Å². The standard InChI is InChI=1S/C16H26N2O2/c1-5-12-7-15(19-3)16(20-4)8-13(12)14-6-11(9-17)10-18(14)2/h7-8,11,14H,5-6,9-10,17H2,1-4H3. The van der Waals surface area contributed by atoms with E-state index in [9.17, 15) is 0 Å². The molecule has 1 aromatic rings. The van der Waals surface area contributed by atoms with Crippen LogP contribution < -0.4 is 15.2 Å². The SMILES string of the molecule is CCc1cc(OC)c(OC)cc1C1CC(CN)CN1C. The molecule has 0 bridgehead atoms. The average molecular weight is 278 g/mol. The Bertz CT molecular complexity index is 462. The predicted molar refractivity (Wildman–Crippen MR) is 81.5 cm³/mol. The molecule has 2 N–H and O–H groups in total. The molecule has 1 aliphatic heterocycles. The van der Waals surface area contributed by atoms with Crippen LogP contribution in [0.4, 0.5) is 0 Å². The third-order valence-electron chi connectivity index (χ3n) is 4.35. The van der Waals surface area contributed by atoms with Crippen LogP contribution in [0, 0.1) is 5.92 Å². The van der Waals surface area contributed by atoms with E-state index in [0.717, 1.165) is 37.4 Å². The molecule has 4 nitrogen and oxygen atoms in total. The van der Waals surface area contributed by atoms with E-state index in [1.54, 1.807) is 14.2 Å². The third kappa shape index (κ3) is 2.76. The van der Waals surface area contributed by atoms with Crippen LogP contribution in [0.25, 0.3) is 0 Å². The van der Waals surface area contributed by atoms with Crippen LogP contribution in [0.15, 0.2) is 12.1 Å². The van der Waals surface area contributed by atoms with Crippen molar-refractivity contribution in [3.05, 3.63) is 23.3 Å². The molecule has 2 unspecified atom stereocenters. The monoisotopic (exact) mass is 278 g/mol. The molecule has 20 heavy (non-hydrogen) atoms. The summed E-state index contributed by atoms with van der Waals surface area (Å²) in [6.07, 6.45) is 2.11. The third-order valence-corrected chi connectivity index (χ3v) is 4.35. The van der Waals surface area contributed by atoms with Gasteiger partial charge in [-0.25, -0.2) is 0 Å². The van der Waals surface area contributed by atoms with Gasteiger partial charge in [0.25, 0.3) is 0 Å². The summed E-state index contributed by atoms with van der Waals surface area (Å²) in [7, 11) is 5.55. The van der Waals surface area contributed by atoms with E-state index in [-0.39, 0.29) is 0 Å². The second-order valence-electron chi connectivity index (χ2n) is 5.55. The van der Waals surface area contributed by atoms with Gasteiger partial charge in [-0.3, -0.25) is 4.90 Å². The van der Waals surface area contributed by atoms with Gasteiger partial charge in [-0.2, -0.15) is 0 Å². The minimum atomic E-state index is 0.429. The van der Waals surface area contributed by atoms with Gasteiger partial charge >= 0.3 is 0 Å². The smallest absolute Gasteiger partial charge is 0.161 e. The summed E-state index contributed by atoms with van der Waals surface area (Å²) in [6, 6.07) is 4.67. The van der Waals surface area contributed by atoms with Crippen molar-refractivity contribution >= 4 is 0 Å². The maximum atomic E-state index is 5.84. The molecule has 1 heterocycles. The average Bonchev–Trinajstić information content (AvgIpc) is 2.86. The van der Waals surface area contributed by atoms with E-state index in [4.69, 9.17) is 15.2 Å². The first-order valence-electron chi connectivity index (χ1n) is 7.29. The summed E-state index contributed by atoms with van der Waals surface area (Å²) >= 11 is 0. The topological polar surface area (TPSA) is 47.7 Å². The van der Waals surface area contributed by atoms with Gasteiger partial charge < -0.3 is 15.2 Å². The first-order chi connectivity index (χ1) is 9.64. The summed E-state index contributed by atoms with van der Waals surface area (Å²) in [5.41, 5.74) is 8.52. The van der Waals surface area contributed by atoms with Crippen molar-refractivity contribution in [1.82, 2.24) is 4.90 Å². The van der Waals surface area contributed by atoms with Crippen molar-refractivity contribution in [3.8, 4) is 11.5 Å². The molecule has 112 valence electrons. The second kappa shape index (κ2) is 6.46. The van der Waals surface area contributed by atoms with Gasteiger partial charge in [-0.1, -0.05) is 6.92 Å². The molecule has 0 aromatic heterocycles. The first-order valence-corrected chi connectivity index (χ1v) is 7.29. The van der Waals surface area contributed by atoms with Crippen LogP contribution in [0.1, 0.15) is 30.5 Å². The van der Waals surface area contributed by atoms with Crippen LogP contribution in [0.3, 0.4) is 0 Å². The molecule has 0 radical (unpaired) electrons. The second-order valence-corrected chi connectivity index (χ2v) is 5.55. The van der Waals surface area contributed by atoms with E-state index in [0.29, 0.717) is 12.0 Å². The Labute approximate surface area is 121 Å². The Morgan fingerprint density at radius 3 is 2.40 bits per heavy atom. The number of likely N-dealkylation sites (tertiary alicyclic amines) is 1. The molecule has 0 spiro atoms. The minimum absolute atomic E-state index is 0.429. The lowest BCUT2D eigenvalue weighted by atomic mass is 9.94. The normalized spacial score (nSPS) is 23.1. The Morgan fingerprint density at radius 1 is 1.25 bits per heavy atom. The van der Waals surface area contributed by atoms with Crippen LogP contribution in [0.5, 0.6) is 11.5 Å². The molecular weight excluding hydrogens is 252 g/mol. The quantitative estimate of drug-likeness (QED) is 0.897. The van der Waals surface area contributed by atoms with Gasteiger partial charge in [0, 0.05) is 12.6 Å². The number of rotatable bonds is 5. The highest BCUT2D eigenvalue weighted by Gasteiger charge is 2.31. The van der Waals surface area contributed by atoms with E-state index in [1.165, 1.54) is 11.1 Å². The number of ether oxygens (including phenoxy) is 2. The first kappa shape index (κ1) is 15.1. The highest BCUT2D eigenvalue weighted by molar-refractivity contribution is 5.48. The Kier molecular flexibility index (Phi) is 4.89. The maximum absolute atomic E-state index is 5.84. The molecule has 1 aromatic carbocycles. The summed E-state index contributed by atoms with van der Waals surface area (Å²) in [4.78, 5) is 2.40. The summed E-state index contributed by atoms with van der Waals surface area (Å²) in [5.74, 6) is 2.20. The summed E-state index contributed by atoms with van der Waals surface area (Å²) in [5, 5.41) is 0. The van der Waals surface area contributed by atoms with Gasteiger partial charge in [-0.15, -0.1) is 0 Å². The van der Waals surface area contributed by atoms with Crippen molar-refractivity contribution in [2.75, 3.05) is 34.4 Å². The van der Waals surface area contributed by atoms with E-state index >= 15 is 0 Å². The maximum Gasteiger partial charge on any atom is 0.161 e. The molecule has 2 rings (SSSR count). The van der Waals surface area contributed by atoms with E-state index in [1.807, 2.05) is 0 Å². The lowest BCUT2D eigenvalue weighted by molar-refractivity contribution is 0.309. The van der Waals surface area contributed by atoms with Gasteiger partial charge in [0.15, 0.2) is 11.5 Å². The van der Waals surface area contributed by atoms with Crippen LogP contribution in [0.2, 0.25) is 0 Å². The Hall–Kier alpha value is -1.26. The summed E-state index contributed by atoms with van der Waals surface area (Å²) < 4.78 is 10.9. The Morgan fingerprint density at radius 2 is 1.90 bits per heavy atom. The highest BCUT2D eigenvalue weighted by Crippen LogP contribution is 2.40. The van der Waals surface area contributed by atoms with Crippen molar-refractivity contribution in [3.63, 3.8) is 0 Å². The van der Waals surface area contributed by atoms with Crippen LogP contribution >= 0.6 is 0 Å². The lowest BCUT2D eigenvalue weighted by Crippen LogP contribution is -2.21. The Balaban J connectivity index is 2.39. The van der Waals surface area contributed by atoms with Crippen molar-refractivity contribution < 1.29 is 9.47 Å². The number of aryl methyl sites for hydroxylation is 1. The number of nitrogens with zero attached hydrogens (tertiary/aromatic N) is 1. The molecular formula is C16H26N2O2. The molecule has 1 saturated heterocycles. The zero-order valence-corrected chi connectivity index (χ0v) is 13.0. The molecule has 0 amide bonds. The predicted octanol–water partition coefficient (Wildman–Crippen LogP) is 2.22. The summed E-state index contributed by atoms with van der Waals surface area (Å²) in [6.45, 7) is 4.01. The van der Waals surface area contributed by atoms with Gasteiger partial charge in [0.1, 0.15) is 0 Å². The molecule has 1 fully saturated rings. The van der Waals surface area contributed by atoms with Crippen molar-refractivity contribution in [1.29, 1.82) is 0 Å². The zero-order chi connectivity index (χ0) is 14.7. The molecule has 2 atom stereocenters. The number of nitrogens with two attached hydrogens (primary N) is 1. The van der Waals surface area contributed by atoms with E-state index < -0.39 is 0 Å². The number of hydrogen-bond donors (Lipinski definition) is 1. The fourth-order valence-corrected chi connectivity index (χ4v) is 3.19. The van der Waals surface area contributed by atoms with Crippen LogP contribution in [-0.2, 0) is 6.42 Å². The fraction of sp³-hybridized carbons (Fsp3) is 0.625. The van der Waals surface area contributed by atoms with Crippen LogP contribution in [-0.4, -0.2) is 39.3 Å². The highest BCUT2D eigenvalue weighted by atomic mass is 16.5. The van der Waals surface area contributed by atoms with Crippen molar-refractivity contribution in [2.45, 2.75) is 25.8 Å². The van der Waals surface area contributed by atoms with Gasteiger partial charge in [0.2, 0.25) is 0 Å². The van der Waals surface area contributed by atoms with Gasteiger partial charge in [0.05, 0.1) is 14.2 Å². The molecule has 0 aliphatic carbocycles. The fourth-order valence-electron chi connectivity index (χ4n) is 3.19. The lowest BCUT2D eigenvalue weighted by Gasteiger charge is -2.24. The van der Waals surface area contributed by atoms with Gasteiger partial charge in [-0.05, 0) is 55.6 Å². The zero-order valence-electron chi connectivity index (χ0n) is 13.0.